The average molecular weight is 569 g/mol. The zero-order chi connectivity index (χ0) is 22.8. The fraction of sp³-hybridized carbons (Fsp3) is 0.480. The van der Waals surface area contributed by atoms with Gasteiger partial charge in [-0.15, -0.1) is 24.0 Å². The fourth-order valence-corrected chi connectivity index (χ4v) is 3.65. The van der Waals surface area contributed by atoms with Crippen molar-refractivity contribution in [3.05, 3.63) is 53.6 Å². The van der Waals surface area contributed by atoms with Crippen LogP contribution in [0.4, 0.5) is 5.69 Å². The summed E-state index contributed by atoms with van der Waals surface area (Å²) in [5.41, 5.74) is 3.56. The van der Waals surface area contributed by atoms with Gasteiger partial charge in [-0.05, 0) is 56.2 Å². The van der Waals surface area contributed by atoms with Gasteiger partial charge < -0.3 is 29.7 Å². The number of rotatable bonds is 9. The van der Waals surface area contributed by atoms with Crippen LogP contribution >= 0.6 is 24.0 Å². The lowest BCUT2D eigenvalue weighted by molar-refractivity contribution is 0.122. The van der Waals surface area contributed by atoms with Gasteiger partial charge in [-0.3, -0.25) is 4.99 Å². The molecule has 182 valence electrons. The van der Waals surface area contributed by atoms with Gasteiger partial charge in [0.2, 0.25) is 0 Å². The van der Waals surface area contributed by atoms with E-state index in [0.29, 0.717) is 19.8 Å². The Morgan fingerprint density at radius 1 is 1.03 bits per heavy atom. The van der Waals surface area contributed by atoms with Crippen molar-refractivity contribution < 1.29 is 14.2 Å². The lowest BCUT2D eigenvalue weighted by Gasteiger charge is -2.29. The molecular weight excluding hydrogens is 531 g/mol. The predicted octanol–water partition coefficient (Wildman–Crippen LogP) is 4.36. The van der Waals surface area contributed by atoms with Gasteiger partial charge in [0.1, 0.15) is 0 Å². The summed E-state index contributed by atoms with van der Waals surface area (Å²) in [5.74, 6) is 2.29. The fourth-order valence-electron chi connectivity index (χ4n) is 3.65. The summed E-state index contributed by atoms with van der Waals surface area (Å²) in [6.07, 6.45) is 0. The van der Waals surface area contributed by atoms with Gasteiger partial charge in [-0.1, -0.05) is 18.2 Å². The molecule has 3 rings (SSSR count). The molecule has 0 spiro atoms. The van der Waals surface area contributed by atoms with E-state index in [1.807, 2.05) is 26.0 Å². The number of nitrogens with one attached hydrogen (secondary N) is 2. The molecule has 1 fully saturated rings. The van der Waals surface area contributed by atoms with Crippen LogP contribution in [0.15, 0.2) is 47.5 Å². The van der Waals surface area contributed by atoms with Crippen LogP contribution in [0.2, 0.25) is 0 Å². The Morgan fingerprint density at radius 3 is 2.33 bits per heavy atom. The summed E-state index contributed by atoms with van der Waals surface area (Å²) in [6.45, 7) is 11.4. The number of hydrogen-bond donors (Lipinski definition) is 2. The van der Waals surface area contributed by atoms with Gasteiger partial charge in [0.15, 0.2) is 17.5 Å². The molecular formula is C25H37IN4O3. The van der Waals surface area contributed by atoms with Crippen molar-refractivity contribution in [2.75, 3.05) is 51.5 Å². The van der Waals surface area contributed by atoms with E-state index in [-0.39, 0.29) is 30.0 Å². The quantitative estimate of drug-likeness (QED) is 0.266. The summed E-state index contributed by atoms with van der Waals surface area (Å²) < 4.78 is 16.9. The summed E-state index contributed by atoms with van der Waals surface area (Å²) >= 11 is 0. The van der Waals surface area contributed by atoms with E-state index >= 15 is 0 Å². The zero-order valence-electron chi connectivity index (χ0n) is 20.1. The second-order valence-electron chi connectivity index (χ2n) is 7.63. The van der Waals surface area contributed by atoms with Crippen molar-refractivity contribution in [1.82, 2.24) is 10.6 Å². The third kappa shape index (κ3) is 7.96. The molecule has 0 saturated carbocycles. The Bertz CT molecular complexity index is 870. The van der Waals surface area contributed by atoms with Gasteiger partial charge >= 0.3 is 0 Å². The predicted molar refractivity (Wildman–Crippen MR) is 145 cm³/mol. The molecule has 1 saturated heterocycles. The molecule has 1 unspecified atom stereocenters. The average Bonchev–Trinajstić information content (AvgIpc) is 2.84. The highest BCUT2D eigenvalue weighted by molar-refractivity contribution is 14.0. The number of hydrogen-bond acceptors (Lipinski definition) is 5. The van der Waals surface area contributed by atoms with Crippen LogP contribution in [0.3, 0.4) is 0 Å². The molecule has 7 nitrogen and oxygen atoms in total. The Balaban J connectivity index is 0.00000385. The first-order chi connectivity index (χ1) is 15.6. The first-order valence-corrected chi connectivity index (χ1v) is 11.4. The zero-order valence-corrected chi connectivity index (χ0v) is 22.4. The Morgan fingerprint density at radius 2 is 1.70 bits per heavy atom. The molecule has 2 N–H and O–H groups in total. The number of ether oxygens (including phenoxy) is 3. The van der Waals surface area contributed by atoms with Crippen molar-refractivity contribution in [1.29, 1.82) is 0 Å². The largest absolute Gasteiger partial charge is 0.490 e. The molecule has 1 atom stereocenters. The molecule has 0 aromatic heterocycles. The van der Waals surface area contributed by atoms with Crippen molar-refractivity contribution in [2.45, 2.75) is 33.4 Å². The number of guanidine groups is 1. The Hall–Kier alpha value is -2.20. The molecule has 1 aliphatic heterocycles. The van der Waals surface area contributed by atoms with E-state index in [9.17, 15) is 0 Å². The van der Waals surface area contributed by atoms with E-state index in [2.05, 4.69) is 57.8 Å². The van der Waals surface area contributed by atoms with Crippen LogP contribution in [0, 0.1) is 0 Å². The highest BCUT2D eigenvalue weighted by Gasteiger charge is 2.13. The number of anilines is 1. The monoisotopic (exact) mass is 568 g/mol. The topological polar surface area (TPSA) is 67.4 Å². The number of aliphatic imine (C=N–C) groups is 1. The van der Waals surface area contributed by atoms with Crippen LogP contribution in [-0.2, 0) is 11.3 Å². The number of benzene rings is 2. The number of nitrogens with zero attached hydrogens (tertiary/aromatic N) is 2. The molecule has 8 heteroatoms. The minimum atomic E-state index is 0. The molecule has 1 aliphatic rings. The highest BCUT2D eigenvalue weighted by atomic mass is 127. The molecule has 2 aromatic rings. The molecule has 0 radical (unpaired) electrons. The first-order valence-electron chi connectivity index (χ1n) is 11.4. The van der Waals surface area contributed by atoms with E-state index in [1.54, 1.807) is 7.05 Å². The summed E-state index contributed by atoms with van der Waals surface area (Å²) in [4.78, 5) is 6.74. The molecule has 33 heavy (non-hydrogen) atoms. The van der Waals surface area contributed by atoms with Crippen molar-refractivity contribution in [3.8, 4) is 11.5 Å². The summed E-state index contributed by atoms with van der Waals surface area (Å²) in [7, 11) is 1.79. The lowest BCUT2D eigenvalue weighted by Crippen LogP contribution is -2.38. The van der Waals surface area contributed by atoms with Crippen LogP contribution < -0.4 is 25.0 Å². The number of halogens is 1. The van der Waals surface area contributed by atoms with Crippen LogP contribution in [0.25, 0.3) is 0 Å². The van der Waals surface area contributed by atoms with Gasteiger partial charge in [0.25, 0.3) is 0 Å². The van der Waals surface area contributed by atoms with Crippen molar-refractivity contribution in [3.63, 3.8) is 0 Å². The normalized spacial score (nSPS) is 14.8. The van der Waals surface area contributed by atoms with Gasteiger partial charge in [-0.25, -0.2) is 0 Å². The maximum Gasteiger partial charge on any atom is 0.191 e. The SMILES string of the molecule is CCOc1ccc(C(C)NC(=NC)NCc2ccc(N3CCOCC3)cc2)cc1OCC.I. The molecule has 0 aliphatic carbocycles. The molecule has 2 aromatic carbocycles. The Kier molecular flexibility index (Phi) is 11.6. The van der Waals surface area contributed by atoms with Gasteiger partial charge in [0.05, 0.1) is 32.5 Å². The maximum absolute atomic E-state index is 5.76. The minimum Gasteiger partial charge on any atom is -0.490 e. The van der Waals surface area contributed by atoms with E-state index in [1.165, 1.54) is 11.3 Å². The van der Waals surface area contributed by atoms with Crippen LogP contribution in [0.5, 0.6) is 11.5 Å². The smallest absolute Gasteiger partial charge is 0.191 e. The molecule has 0 bridgehead atoms. The van der Waals surface area contributed by atoms with Gasteiger partial charge in [-0.2, -0.15) is 0 Å². The minimum absolute atomic E-state index is 0. The van der Waals surface area contributed by atoms with E-state index in [0.717, 1.165) is 49.3 Å². The number of morpholine rings is 1. The van der Waals surface area contributed by atoms with Crippen molar-refractivity contribution in [2.24, 2.45) is 4.99 Å². The van der Waals surface area contributed by atoms with Crippen molar-refractivity contribution >= 4 is 35.6 Å². The van der Waals surface area contributed by atoms with Crippen LogP contribution in [-0.4, -0.2) is 52.5 Å². The summed E-state index contributed by atoms with van der Waals surface area (Å²) in [5, 5.41) is 6.86. The first kappa shape index (κ1) is 27.0. The molecule has 0 amide bonds. The second kappa shape index (κ2) is 14.1. The Labute approximate surface area is 214 Å². The van der Waals surface area contributed by atoms with E-state index < -0.39 is 0 Å². The van der Waals surface area contributed by atoms with Crippen LogP contribution in [0.1, 0.15) is 37.9 Å². The van der Waals surface area contributed by atoms with E-state index in [4.69, 9.17) is 14.2 Å². The third-order valence-electron chi connectivity index (χ3n) is 5.42. The third-order valence-corrected chi connectivity index (χ3v) is 5.42. The maximum atomic E-state index is 5.76. The standard InChI is InChI=1S/C25H36N4O3.HI/c1-5-31-23-12-9-21(17-24(23)32-6-2)19(3)28-25(26-4)27-18-20-7-10-22(11-8-20)29-13-15-30-16-14-29;/h7-12,17,19H,5-6,13-16,18H2,1-4H3,(H2,26,27,28);1H. The second-order valence-corrected chi connectivity index (χ2v) is 7.63. The van der Waals surface area contributed by atoms with Gasteiger partial charge in [0, 0.05) is 32.4 Å². The highest BCUT2D eigenvalue weighted by Crippen LogP contribution is 2.30. The summed E-state index contributed by atoms with van der Waals surface area (Å²) in [6, 6.07) is 14.8. The molecule has 1 heterocycles. The lowest BCUT2D eigenvalue weighted by atomic mass is 10.1.